The first-order valence-electron chi connectivity index (χ1n) is 5.70. The first-order chi connectivity index (χ1) is 7.99. The van der Waals surface area contributed by atoms with Crippen molar-refractivity contribution in [3.8, 4) is 0 Å². The van der Waals surface area contributed by atoms with Crippen molar-refractivity contribution in [2.24, 2.45) is 0 Å². The van der Waals surface area contributed by atoms with Crippen LogP contribution in [0.5, 0.6) is 0 Å². The van der Waals surface area contributed by atoms with Crippen molar-refractivity contribution in [1.29, 1.82) is 0 Å². The van der Waals surface area contributed by atoms with E-state index in [1.165, 1.54) is 0 Å². The molecular weight excluding hydrogens is 218 g/mol. The molecule has 1 aromatic carbocycles. The van der Waals surface area contributed by atoms with E-state index in [1.54, 1.807) is 11.8 Å². The Kier molecular flexibility index (Phi) is 4.97. The van der Waals surface area contributed by atoms with Gasteiger partial charge >= 0.3 is 5.97 Å². The van der Waals surface area contributed by atoms with Crippen LogP contribution in [0.25, 0.3) is 0 Å². The Bertz CT molecular complexity index is 359. The van der Waals surface area contributed by atoms with Crippen LogP contribution in [-0.2, 0) is 4.79 Å². The molecule has 0 aliphatic heterocycles. The molecule has 0 saturated carbocycles. The molecule has 0 fully saturated rings. The SMILES string of the molecule is Cc1ccc(N(CCC(C)O)CC(=O)O)cc1. The summed E-state index contributed by atoms with van der Waals surface area (Å²) in [5, 5.41) is 18.1. The van der Waals surface area contributed by atoms with E-state index in [9.17, 15) is 9.90 Å². The molecule has 1 rings (SSSR count). The Labute approximate surface area is 101 Å². The fourth-order valence-electron chi connectivity index (χ4n) is 1.56. The largest absolute Gasteiger partial charge is 0.480 e. The lowest BCUT2D eigenvalue weighted by molar-refractivity contribution is -0.135. The summed E-state index contributed by atoms with van der Waals surface area (Å²) in [5.41, 5.74) is 2.01. The molecule has 2 N–H and O–H groups in total. The molecule has 1 atom stereocenters. The monoisotopic (exact) mass is 237 g/mol. The predicted molar refractivity (Wildman–Crippen MR) is 67.3 cm³/mol. The summed E-state index contributed by atoms with van der Waals surface area (Å²) in [7, 11) is 0. The maximum absolute atomic E-state index is 10.8. The first-order valence-corrected chi connectivity index (χ1v) is 5.70. The van der Waals surface area contributed by atoms with E-state index in [0.717, 1.165) is 11.3 Å². The summed E-state index contributed by atoms with van der Waals surface area (Å²) in [6, 6.07) is 7.71. The number of anilines is 1. The van der Waals surface area contributed by atoms with Crippen LogP contribution in [0.4, 0.5) is 5.69 Å². The van der Waals surface area contributed by atoms with Crippen LogP contribution in [0.15, 0.2) is 24.3 Å². The second-order valence-electron chi connectivity index (χ2n) is 4.29. The van der Waals surface area contributed by atoms with E-state index in [0.29, 0.717) is 13.0 Å². The highest BCUT2D eigenvalue weighted by molar-refractivity contribution is 5.73. The average molecular weight is 237 g/mol. The van der Waals surface area contributed by atoms with E-state index >= 15 is 0 Å². The standard InChI is InChI=1S/C13H19NO3/c1-10-3-5-12(6-4-10)14(9-13(16)17)8-7-11(2)15/h3-6,11,15H,7-9H2,1-2H3,(H,16,17). The normalized spacial score (nSPS) is 12.2. The molecule has 0 heterocycles. The molecule has 0 aliphatic carbocycles. The van der Waals surface area contributed by atoms with Gasteiger partial charge in [0.1, 0.15) is 6.54 Å². The maximum atomic E-state index is 10.8. The third kappa shape index (κ3) is 4.87. The number of rotatable bonds is 6. The Morgan fingerprint density at radius 2 is 1.94 bits per heavy atom. The van der Waals surface area contributed by atoms with Crippen LogP contribution >= 0.6 is 0 Å². The quantitative estimate of drug-likeness (QED) is 0.790. The lowest BCUT2D eigenvalue weighted by Crippen LogP contribution is -2.32. The molecule has 0 radical (unpaired) electrons. The minimum atomic E-state index is -0.865. The van der Waals surface area contributed by atoms with Crippen LogP contribution < -0.4 is 4.90 Å². The van der Waals surface area contributed by atoms with Crippen molar-refractivity contribution in [3.63, 3.8) is 0 Å². The van der Waals surface area contributed by atoms with Gasteiger partial charge < -0.3 is 15.1 Å². The number of aliphatic carboxylic acids is 1. The highest BCUT2D eigenvalue weighted by Crippen LogP contribution is 2.15. The summed E-state index contributed by atoms with van der Waals surface area (Å²) in [6.07, 6.45) is 0.137. The van der Waals surface area contributed by atoms with Gasteiger partial charge in [-0.15, -0.1) is 0 Å². The van der Waals surface area contributed by atoms with Gasteiger partial charge in [0.2, 0.25) is 0 Å². The number of nitrogens with zero attached hydrogens (tertiary/aromatic N) is 1. The molecule has 4 nitrogen and oxygen atoms in total. The number of carboxylic acid groups (broad SMARTS) is 1. The third-order valence-electron chi connectivity index (χ3n) is 2.54. The van der Waals surface area contributed by atoms with Gasteiger partial charge in [0, 0.05) is 12.2 Å². The Morgan fingerprint density at radius 3 is 2.41 bits per heavy atom. The van der Waals surface area contributed by atoms with Gasteiger partial charge in [0.25, 0.3) is 0 Å². The number of benzene rings is 1. The molecule has 0 bridgehead atoms. The van der Waals surface area contributed by atoms with Crippen molar-refractivity contribution >= 4 is 11.7 Å². The summed E-state index contributed by atoms with van der Waals surface area (Å²) in [6.45, 7) is 4.18. The molecular formula is C13H19NO3. The van der Waals surface area contributed by atoms with Crippen LogP contribution in [-0.4, -0.2) is 35.4 Å². The molecule has 0 saturated heterocycles. The molecule has 1 aromatic rings. The zero-order chi connectivity index (χ0) is 12.8. The van der Waals surface area contributed by atoms with E-state index in [4.69, 9.17) is 5.11 Å². The van der Waals surface area contributed by atoms with Crippen molar-refractivity contribution in [2.45, 2.75) is 26.4 Å². The van der Waals surface area contributed by atoms with Crippen molar-refractivity contribution in [1.82, 2.24) is 0 Å². The minimum absolute atomic E-state index is 0.0459. The van der Waals surface area contributed by atoms with Crippen LogP contribution in [0.1, 0.15) is 18.9 Å². The number of hydrogen-bond acceptors (Lipinski definition) is 3. The minimum Gasteiger partial charge on any atom is -0.480 e. The van der Waals surface area contributed by atoms with Gasteiger partial charge in [0.05, 0.1) is 6.10 Å². The second-order valence-corrected chi connectivity index (χ2v) is 4.29. The number of aliphatic hydroxyl groups is 1. The molecule has 0 amide bonds. The van der Waals surface area contributed by atoms with Crippen LogP contribution in [0, 0.1) is 6.92 Å². The fraction of sp³-hybridized carbons (Fsp3) is 0.462. The fourth-order valence-corrected chi connectivity index (χ4v) is 1.56. The van der Waals surface area contributed by atoms with E-state index in [-0.39, 0.29) is 6.54 Å². The van der Waals surface area contributed by atoms with E-state index < -0.39 is 12.1 Å². The molecule has 0 spiro atoms. The molecule has 0 aliphatic rings. The van der Waals surface area contributed by atoms with E-state index in [2.05, 4.69) is 0 Å². The summed E-state index contributed by atoms with van der Waals surface area (Å²) >= 11 is 0. The zero-order valence-corrected chi connectivity index (χ0v) is 10.3. The van der Waals surface area contributed by atoms with Gasteiger partial charge in [-0.25, -0.2) is 0 Å². The number of carbonyl (C=O) groups is 1. The molecule has 1 unspecified atom stereocenters. The number of hydrogen-bond donors (Lipinski definition) is 2. The highest BCUT2D eigenvalue weighted by Gasteiger charge is 2.11. The van der Waals surface area contributed by atoms with Crippen LogP contribution in [0.3, 0.4) is 0 Å². The molecule has 17 heavy (non-hydrogen) atoms. The molecule has 4 heteroatoms. The van der Waals surface area contributed by atoms with Crippen LogP contribution in [0.2, 0.25) is 0 Å². The smallest absolute Gasteiger partial charge is 0.323 e. The summed E-state index contributed by atoms with van der Waals surface area (Å²) in [4.78, 5) is 12.5. The van der Waals surface area contributed by atoms with Gasteiger partial charge in [-0.2, -0.15) is 0 Å². The predicted octanol–water partition coefficient (Wildman–Crippen LogP) is 1.66. The lowest BCUT2D eigenvalue weighted by Gasteiger charge is -2.23. The van der Waals surface area contributed by atoms with E-state index in [1.807, 2.05) is 31.2 Å². The first kappa shape index (κ1) is 13.5. The second kappa shape index (κ2) is 6.25. The lowest BCUT2D eigenvalue weighted by atomic mass is 10.2. The molecule has 94 valence electrons. The topological polar surface area (TPSA) is 60.8 Å². The summed E-state index contributed by atoms with van der Waals surface area (Å²) < 4.78 is 0. The Balaban J connectivity index is 2.74. The highest BCUT2D eigenvalue weighted by atomic mass is 16.4. The van der Waals surface area contributed by atoms with Crippen molar-refractivity contribution < 1.29 is 15.0 Å². The summed E-state index contributed by atoms with van der Waals surface area (Å²) in [5.74, 6) is -0.865. The zero-order valence-electron chi connectivity index (χ0n) is 10.3. The number of aliphatic hydroxyl groups excluding tert-OH is 1. The number of aryl methyl sites for hydroxylation is 1. The van der Waals surface area contributed by atoms with Crippen molar-refractivity contribution in [2.75, 3.05) is 18.0 Å². The van der Waals surface area contributed by atoms with Gasteiger partial charge in [-0.05, 0) is 32.4 Å². The Morgan fingerprint density at radius 1 is 1.35 bits per heavy atom. The van der Waals surface area contributed by atoms with Crippen molar-refractivity contribution in [3.05, 3.63) is 29.8 Å². The van der Waals surface area contributed by atoms with Gasteiger partial charge in [0.15, 0.2) is 0 Å². The number of carboxylic acids is 1. The van der Waals surface area contributed by atoms with Gasteiger partial charge in [-0.1, -0.05) is 17.7 Å². The van der Waals surface area contributed by atoms with Gasteiger partial charge in [-0.3, -0.25) is 4.79 Å². The third-order valence-corrected chi connectivity index (χ3v) is 2.54. The maximum Gasteiger partial charge on any atom is 0.323 e. The average Bonchev–Trinajstić information content (AvgIpc) is 2.25. The Hall–Kier alpha value is -1.55. The molecule has 0 aromatic heterocycles.